The van der Waals surface area contributed by atoms with Gasteiger partial charge in [-0.25, -0.2) is 28.3 Å². The predicted octanol–water partition coefficient (Wildman–Crippen LogP) is 6.11. The van der Waals surface area contributed by atoms with E-state index in [2.05, 4.69) is 20.2 Å². The van der Waals surface area contributed by atoms with Gasteiger partial charge in [-0.1, -0.05) is 0 Å². The smallest absolute Gasteiger partial charge is 0.419 e. The first-order chi connectivity index (χ1) is 20.2. The second kappa shape index (κ2) is 11.0. The van der Waals surface area contributed by atoms with Crippen molar-refractivity contribution >= 4 is 28.8 Å². The van der Waals surface area contributed by atoms with Gasteiger partial charge in [-0.2, -0.15) is 0 Å². The number of likely N-dealkylation sites (tertiary alicyclic amines) is 1. The number of esters is 1. The number of aryl methyl sites for hydroxylation is 1. The Morgan fingerprint density at radius 3 is 2.53 bits per heavy atom. The Labute approximate surface area is 249 Å². The number of halogens is 2. The lowest BCUT2D eigenvalue weighted by Gasteiger charge is -2.54. The van der Waals surface area contributed by atoms with Crippen LogP contribution >= 0.6 is 0 Å². The number of nitrogens with one attached hydrogen (secondary N) is 1. The maximum Gasteiger partial charge on any atom is 0.419 e. The molecule has 10 nitrogen and oxygen atoms in total. The van der Waals surface area contributed by atoms with E-state index in [-0.39, 0.29) is 24.7 Å². The van der Waals surface area contributed by atoms with Crippen LogP contribution in [0, 0.1) is 12.3 Å². The fraction of sp³-hybridized carbons (Fsp3) is 0.548. The van der Waals surface area contributed by atoms with Gasteiger partial charge in [0.25, 0.3) is 0 Å². The van der Waals surface area contributed by atoms with Crippen molar-refractivity contribution in [2.75, 3.05) is 33.1 Å². The van der Waals surface area contributed by atoms with E-state index in [0.29, 0.717) is 43.1 Å². The van der Waals surface area contributed by atoms with Crippen LogP contribution in [0.4, 0.5) is 19.4 Å². The number of carbonyl (C=O) groups excluding carboxylic acids is 2. The fourth-order valence-electron chi connectivity index (χ4n) is 6.64. The van der Waals surface area contributed by atoms with E-state index in [0.717, 1.165) is 22.0 Å². The molecule has 5 rings (SSSR count). The highest BCUT2D eigenvalue weighted by molar-refractivity contribution is 5.95. The zero-order chi connectivity index (χ0) is 31.3. The zero-order valence-corrected chi connectivity index (χ0v) is 25.7. The second-order valence-electron chi connectivity index (χ2n) is 12.7. The Balaban J connectivity index is 1.57. The molecular formula is C31H39F2N5O5. The van der Waals surface area contributed by atoms with E-state index in [1.165, 1.54) is 11.7 Å². The third-order valence-electron chi connectivity index (χ3n) is 8.45. The van der Waals surface area contributed by atoms with E-state index in [9.17, 15) is 18.4 Å². The number of alkyl halides is 2. The Morgan fingerprint density at radius 2 is 1.93 bits per heavy atom. The molecule has 43 heavy (non-hydrogen) atoms. The van der Waals surface area contributed by atoms with Crippen molar-refractivity contribution in [2.24, 2.45) is 5.41 Å². The van der Waals surface area contributed by atoms with Gasteiger partial charge in [-0.15, -0.1) is 0 Å². The molecule has 2 aromatic heterocycles. The summed E-state index contributed by atoms with van der Waals surface area (Å²) < 4.78 is 46.2. The average molecular weight is 600 g/mol. The normalized spacial score (nSPS) is 19.6. The van der Waals surface area contributed by atoms with E-state index in [4.69, 9.17) is 14.2 Å². The molecule has 2 fully saturated rings. The third kappa shape index (κ3) is 5.89. The summed E-state index contributed by atoms with van der Waals surface area (Å²) in [6.45, 7) is 8.34. The number of methoxy groups -OCH3 is 2. The first-order valence-electron chi connectivity index (χ1n) is 14.4. The highest BCUT2D eigenvalue weighted by atomic mass is 19.3. The number of anilines is 1. The van der Waals surface area contributed by atoms with Crippen LogP contribution in [0.1, 0.15) is 79.8 Å². The number of rotatable bonds is 6. The molecule has 1 N–H and O–H groups in total. The first kappa shape index (κ1) is 30.7. The van der Waals surface area contributed by atoms with Gasteiger partial charge in [0, 0.05) is 61.4 Å². The van der Waals surface area contributed by atoms with E-state index in [1.54, 1.807) is 26.6 Å². The maximum absolute atomic E-state index is 14.2. The highest BCUT2D eigenvalue weighted by Gasteiger charge is 2.58. The summed E-state index contributed by atoms with van der Waals surface area (Å²) in [5, 5.41) is 3.89. The fourth-order valence-corrected chi connectivity index (χ4v) is 6.64. The molecule has 3 aromatic rings. The number of ether oxygens (including phenoxy) is 3. The minimum atomic E-state index is -2.67. The highest BCUT2D eigenvalue weighted by Crippen LogP contribution is 2.61. The summed E-state index contributed by atoms with van der Waals surface area (Å²) in [6, 6.07) is 3.45. The molecule has 0 unspecified atom stereocenters. The lowest BCUT2D eigenvalue weighted by Crippen LogP contribution is -2.53. The lowest BCUT2D eigenvalue weighted by molar-refractivity contribution is -0.186. The molecule has 1 atom stereocenters. The van der Waals surface area contributed by atoms with Gasteiger partial charge in [0.2, 0.25) is 11.7 Å². The zero-order valence-electron chi connectivity index (χ0n) is 25.7. The summed E-state index contributed by atoms with van der Waals surface area (Å²) in [4.78, 5) is 36.1. The molecule has 1 aliphatic carbocycles. The van der Waals surface area contributed by atoms with Gasteiger partial charge >= 0.3 is 12.1 Å². The number of piperidine rings is 1. The van der Waals surface area contributed by atoms with Crippen LogP contribution in [0.5, 0.6) is 5.75 Å². The molecule has 1 saturated carbocycles. The van der Waals surface area contributed by atoms with E-state index < -0.39 is 29.0 Å². The summed E-state index contributed by atoms with van der Waals surface area (Å²) >= 11 is 0. The van der Waals surface area contributed by atoms with Crippen molar-refractivity contribution in [2.45, 2.75) is 77.5 Å². The van der Waals surface area contributed by atoms with Crippen molar-refractivity contribution in [1.29, 1.82) is 0 Å². The van der Waals surface area contributed by atoms with Crippen molar-refractivity contribution < 1.29 is 32.6 Å². The SMILES string of the molecule is CNc1nc(C(=O)OC)ncc1[C@@H]1CC2(CCN1Cc1c(OC)cc(C)c3c1ccn3C(=O)OC(C)(C)C)CC(F)(F)C2. The number of hydrogen-bond acceptors (Lipinski definition) is 9. The number of fused-ring (bicyclic) bond motifs is 1. The molecule has 0 radical (unpaired) electrons. The maximum atomic E-state index is 14.2. The van der Waals surface area contributed by atoms with Crippen LogP contribution in [0.25, 0.3) is 10.9 Å². The van der Waals surface area contributed by atoms with Crippen LogP contribution in [0.3, 0.4) is 0 Å². The van der Waals surface area contributed by atoms with Crippen LogP contribution in [0.15, 0.2) is 24.5 Å². The van der Waals surface area contributed by atoms with Crippen LogP contribution in [-0.2, 0) is 16.0 Å². The number of nitrogens with zero attached hydrogens (tertiary/aromatic N) is 4. The Kier molecular flexibility index (Phi) is 7.87. The molecule has 1 saturated heterocycles. The Morgan fingerprint density at radius 1 is 1.21 bits per heavy atom. The van der Waals surface area contributed by atoms with Gasteiger partial charge in [0.15, 0.2) is 0 Å². The molecule has 0 bridgehead atoms. The number of benzene rings is 1. The lowest BCUT2D eigenvalue weighted by atomic mass is 9.59. The van der Waals surface area contributed by atoms with E-state index >= 15 is 0 Å². The van der Waals surface area contributed by atoms with Gasteiger partial charge in [0.1, 0.15) is 17.2 Å². The van der Waals surface area contributed by atoms with Crippen LogP contribution < -0.4 is 10.1 Å². The van der Waals surface area contributed by atoms with Gasteiger partial charge < -0.3 is 19.5 Å². The Bertz CT molecular complexity index is 1560. The van der Waals surface area contributed by atoms with Gasteiger partial charge in [-0.05, 0) is 70.2 Å². The summed E-state index contributed by atoms with van der Waals surface area (Å²) in [5.41, 5.74) is 1.98. The van der Waals surface area contributed by atoms with Gasteiger partial charge in [-0.3, -0.25) is 9.47 Å². The number of carbonyl (C=O) groups is 2. The minimum Gasteiger partial charge on any atom is -0.496 e. The van der Waals surface area contributed by atoms with Crippen molar-refractivity contribution in [1.82, 2.24) is 19.4 Å². The van der Waals surface area contributed by atoms with Crippen molar-refractivity contribution in [3.8, 4) is 5.75 Å². The average Bonchev–Trinajstić information content (AvgIpc) is 3.39. The molecule has 3 heterocycles. The first-order valence-corrected chi connectivity index (χ1v) is 14.4. The molecule has 1 aliphatic heterocycles. The van der Waals surface area contributed by atoms with Crippen LogP contribution in [0.2, 0.25) is 0 Å². The summed E-state index contributed by atoms with van der Waals surface area (Å²) in [7, 11) is 4.56. The van der Waals surface area contributed by atoms with Gasteiger partial charge in [0.05, 0.1) is 19.7 Å². The molecule has 2 aliphatic rings. The van der Waals surface area contributed by atoms with Crippen molar-refractivity contribution in [3.05, 3.63) is 47.0 Å². The second-order valence-corrected chi connectivity index (χ2v) is 12.7. The largest absolute Gasteiger partial charge is 0.496 e. The number of aromatic nitrogens is 3. The summed E-state index contributed by atoms with van der Waals surface area (Å²) in [5.74, 6) is -2.33. The molecule has 0 amide bonds. The molecular weight excluding hydrogens is 560 g/mol. The molecule has 1 spiro atoms. The topological polar surface area (TPSA) is 108 Å². The Hall–Kier alpha value is -3.80. The monoisotopic (exact) mass is 599 g/mol. The van der Waals surface area contributed by atoms with Crippen LogP contribution in [-0.4, -0.2) is 70.8 Å². The third-order valence-corrected chi connectivity index (χ3v) is 8.45. The van der Waals surface area contributed by atoms with Crippen molar-refractivity contribution in [3.63, 3.8) is 0 Å². The molecule has 1 aromatic carbocycles. The predicted molar refractivity (Wildman–Crippen MR) is 157 cm³/mol. The minimum absolute atomic E-state index is 0.0896. The molecule has 232 valence electrons. The quantitative estimate of drug-likeness (QED) is 0.336. The standard InChI is InChI=1S/C31H39F2N5O5/c1-18-12-23(41-6)21(19-8-10-38(24(18)19)28(40)43-29(2,3)4)15-37-11-9-30(16-31(32,33)17-30)13-22(37)20-14-35-26(27(39)42-7)36-25(20)34-5/h8,10,12,14,22H,9,11,13,15-17H2,1-7H3,(H,34,35,36)/t22-/m0/s1. The number of hydrogen-bond donors (Lipinski definition) is 1. The summed E-state index contributed by atoms with van der Waals surface area (Å²) in [6.07, 6.45) is 3.59. The molecule has 12 heteroatoms. The van der Waals surface area contributed by atoms with E-state index in [1.807, 2.05) is 39.8 Å².